The number of thiophene rings is 2. The molecule has 0 saturated heterocycles. The molecule has 2 heterocycles. The molecule has 0 amide bonds. The van der Waals surface area contributed by atoms with Gasteiger partial charge in [-0.05, 0) is 75.9 Å². The zero-order chi connectivity index (χ0) is 11.4. The van der Waals surface area contributed by atoms with Crippen molar-refractivity contribution in [3.05, 3.63) is 28.7 Å². The Morgan fingerprint density at radius 1 is 0.688 bits per heavy atom. The minimum absolute atomic E-state index is 1.15. The topological polar surface area (TPSA) is 0 Å². The molecule has 0 fully saturated rings. The lowest BCUT2D eigenvalue weighted by molar-refractivity contribution is 1.89. The molecule has 0 atom stereocenters. The Kier molecular flexibility index (Phi) is 3.27. The number of halogens is 4. The number of fused-ring (bicyclic) bond motifs is 2. The van der Waals surface area contributed by atoms with Crippen molar-refractivity contribution in [2.24, 2.45) is 0 Å². The molecule has 0 nitrogen and oxygen atoms in total. The molecule has 0 aliphatic carbocycles. The minimum Gasteiger partial charge on any atom is -0.127 e. The van der Waals surface area contributed by atoms with Gasteiger partial charge in [-0.25, -0.2) is 0 Å². The van der Waals surface area contributed by atoms with Gasteiger partial charge in [0.1, 0.15) is 0 Å². The van der Waals surface area contributed by atoms with Gasteiger partial charge in [-0.1, -0.05) is 0 Å². The normalized spacial score (nSPS) is 11.8. The Balaban J connectivity index is 2.52. The van der Waals surface area contributed by atoms with Crippen LogP contribution in [-0.2, 0) is 0 Å². The van der Waals surface area contributed by atoms with Crippen molar-refractivity contribution in [2.75, 3.05) is 0 Å². The number of rotatable bonds is 0. The first-order valence-corrected chi connectivity index (χ1v) is 9.03. The van der Waals surface area contributed by atoms with Crippen molar-refractivity contribution in [3.8, 4) is 0 Å². The van der Waals surface area contributed by atoms with Gasteiger partial charge < -0.3 is 0 Å². The Morgan fingerprint density at radius 3 is 1.44 bits per heavy atom. The lowest BCUT2D eigenvalue weighted by atomic mass is 10.2. The van der Waals surface area contributed by atoms with Crippen molar-refractivity contribution >= 4 is 107 Å². The molecular weight excluding hydrogens is 504 g/mol. The van der Waals surface area contributed by atoms with Crippen molar-refractivity contribution in [1.82, 2.24) is 0 Å². The van der Waals surface area contributed by atoms with Crippen molar-refractivity contribution in [2.45, 2.75) is 0 Å². The molecule has 1 aromatic carbocycles. The molecule has 16 heavy (non-hydrogen) atoms. The second-order valence-corrected chi connectivity index (χ2v) is 9.55. The molecule has 2 aromatic heterocycles. The highest BCUT2D eigenvalue weighted by molar-refractivity contribution is 9.14. The number of hydrogen-bond acceptors (Lipinski definition) is 2. The second-order valence-electron chi connectivity index (χ2n) is 3.22. The van der Waals surface area contributed by atoms with Gasteiger partial charge in [0, 0.05) is 20.2 Å². The summed E-state index contributed by atoms with van der Waals surface area (Å²) in [6, 6.07) is 4.46. The monoisotopic (exact) mass is 502 g/mol. The zero-order valence-electron chi connectivity index (χ0n) is 7.48. The fourth-order valence-electron chi connectivity index (χ4n) is 1.57. The SMILES string of the molecule is Brc1sc2cc3c(Br)c(Br)sc3cc2c1Br. The van der Waals surface area contributed by atoms with E-state index in [2.05, 4.69) is 75.9 Å². The third-order valence-electron chi connectivity index (χ3n) is 2.30. The molecule has 0 aliphatic heterocycles. The highest BCUT2D eigenvalue weighted by Gasteiger charge is 2.13. The molecule has 0 saturated carbocycles. The largest absolute Gasteiger partial charge is 0.127 e. The zero-order valence-corrected chi connectivity index (χ0v) is 15.5. The molecule has 82 valence electrons. The quantitative estimate of drug-likeness (QED) is 0.304. The van der Waals surface area contributed by atoms with Crippen LogP contribution in [0.1, 0.15) is 0 Å². The van der Waals surface area contributed by atoms with Crippen LogP contribution in [0.3, 0.4) is 0 Å². The van der Waals surface area contributed by atoms with Gasteiger partial charge in [-0.15, -0.1) is 22.7 Å². The van der Waals surface area contributed by atoms with Crippen molar-refractivity contribution < 1.29 is 0 Å². The first kappa shape index (κ1) is 12.1. The van der Waals surface area contributed by atoms with E-state index in [0.717, 1.165) is 16.5 Å². The summed E-state index contributed by atoms with van der Waals surface area (Å²) in [6.07, 6.45) is 0. The van der Waals surface area contributed by atoms with Gasteiger partial charge >= 0.3 is 0 Å². The molecule has 3 rings (SSSR count). The summed E-state index contributed by atoms with van der Waals surface area (Å²) in [6.45, 7) is 0. The van der Waals surface area contributed by atoms with E-state index in [1.54, 1.807) is 22.7 Å². The summed E-state index contributed by atoms with van der Waals surface area (Å²) in [7, 11) is 0. The van der Waals surface area contributed by atoms with Gasteiger partial charge in [0.05, 0.1) is 16.5 Å². The number of hydrogen-bond donors (Lipinski definition) is 0. The van der Waals surface area contributed by atoms with Crippen LogP contribution in [0, 0.1) is 0 Å². The predicted molar refractivity (Wildman–Crippen MR) is 88.0 cm³/mol. The standard InChI is InChI=1S/C10H2Br4S2/c11-7-3-1-5-4(8(12)10(14)15-5)2-6(3)16-9(7)13/h1-2H. The Bertz CT molecular complexity index is 648. The average Bonchev–Trinajstić information content (AvgIpc) is 2.67. The lowest BCUT2D eigenvalue weighted by Crippen LogP contribution is -1.66. The number of benzene rings is 1. The third-order valence-corrected chi connectivity index (χ3v) is 9.18. The fraction of sp³-hybridized carbons (Fsp3) is 0. The van der Waals surface area contributed by atoms with E-state index < -0.39 is 0 Å². The molecule has 0 spiro atoms. The maximum atomic E-state index is 3.61. The van der Waals surface area contributed by atoms with Crippen LogP contribution < -0.4 is 0 Å². The Morgan fingerprint density at radius 2 is 1.06 bits per heavy atom. The first-order chi connectivity index (χ1) is 7.58. The molecular formula is C10H2Br4S2. The van der Waals surface area contributed by atoms with Crippen LogP contribution >= 0.6 is 86.4 Å². The molecule has 0 N–H and O–H groups in total. The molecule has 6 heteroatoms. The van der Waals surface area contributed by atoms with E-state index >= 15 is 0 Å². The summed E-state index contributed by atoms with van der Waals surface area (Å²) < 4.78 is 7.17. The van der Waals surface area contributed by atoms with Crippen LogP contribution in [0.5, 0.6) is 0 Å². The van der Waals surface area contributed by atoms with E-state index in [4.69, 9.17) is 0 Å². The highest BCUT2D eigenvalue weighted by atomic mass is 79.9. The highest BCUT2D eigenvalue weighted by Crippen LogP contribution is 2.46. The fourth-order valence-corrected chi connectivity index (χ4v) is 6.12. The molecule has 0 bridgehead atoms. The summed E-state index contributed by atoms with van der Waals surface area (Å²) in [5.41, 5.74) is 0. The lowest BCUT2D eigenvalue weighted by Gasteiger charge is -1.93. The molecule has 0 unspecified atom stereocenters. The van der Waals surface area contributed by atoms with Crippen LogP contribution in [0.2, 0.25) is 0 Å². The van der Waals surface area contributed by atoms with E-state index in [1.807, 2.05) is 0 Å². The predicted octanol–water partition coefficient (Wildman–Crippen LogP) is 7.17. The molecule has 0 radical (unpaired) electrons. The van der Waals surface area contributed by atoms with Crippen LogP contribution in [0.25, 0.3) is 20.2 Å². The summed E-state index contributed by atoms with van der Waals surface area (Å²) in [5.74, 6) is 0. The Labute approximate surface area is 134 Å². The first-order valence-electron chi connectivity index (χ1n) is 4.23. The van der Waals surface area contributed by atoms with Crippen molar-refractivity contribution in [3.63, 3.8) is 0 Å². The second kappa shape index (κ2) is 4.31. The van der Waals surface area contributed by atoms with Gasteiger partial charge in [-0.2, -0.15) is 0 Å². The van der Waals surface area contributed by atoms with Crippen LogP contribution in [0.15, 0.2) is 28.7 Å². The van der Waals surface area contributed by atoms with Gasteiger partial charge in [0.25, 0.3) is 0 Å². The maximum absolute atomic E-state index is 3.61. The van der Waals surface area contributed by atoms with E-state index in [-0.39, 0.29) is 0 Å². The van der Waals surface area contributed by atoms with Gasteiger partial charge in [-0.3, -0.25) is 0 Å². The van der Waals surface area contributed by atoms with E-state index in [0.29, 0.717) is 0 Å². The van der Waals surface area contributed by atoms with E-state index in [1.165, 1.54) is 20.2 Å². The van der Waals surface area contributed by atoms with Crippen LogP contribution in [0.4, 0.5) is 0 Å². The summed E-state index contributed by atoms with van der Waals surface area (Å²) in [5, 5.41) is 2.54. The summed E-state index contributed by atoms with van der Waals surface area (Å²) >= 11 is 17.8. The van der Waals surface area contributed by atoms with Gasteiger partial charge in [0.2, 0.25) is 0 Å². The van der Waals surface area contributed by atoms with E-state index in [9.17, 15) is 0 Å². The Hall–Kier alpha value is 1.06. The maximum Gasteiger partial charge on any atom is 0.0853 e. The third kappa shape index (κ3) is 1.77. The molecule has 0 aliphatic rings. The molecule has 3 aromatic rings. The minimum atomic E-state index is 1.15. The smallest absolute Gasteiger partial charge is 0.0853 e. The average molecular weight is 506 g/mol. The summed E-state index contributed by atoms with van der Waals surface area (Å²) in [4.78, 5) is 0. The van der Waals surface area contributed by atoms with Crippen molar-refractivity contribution in [1.29, 1.82) is 0 Å². The van der Waals surface area contributed by atoms with Crippen LogP contribution in [-0.4, -0.2) is 0 Å². The van der Waals surface area contributed by atoms with Gasteiger partial charge in [0.15, 0.2) is 0 Å².